The van der Waals surface area contributed by atoms with Gasteiger partial charge in [-0.25, -0.2) is 0 Å². The van der Waals surface area contributed by atoms with Crippen LogP contribution in [0.5, 0.6) is 0 Å². The van der Waals surface area contributed by atoms with Crippen LogP contribution in [0.4, 0.5) is 0 Å². The first-order valence-electron chi connectivity index (χ1n) is 5.86. The Bertz CT molecular complexity index is 152. The molecule has 0 aromatic rings. The van der Waals surface area contributed by atoms with Gasteiger partial charge in [0.2, 0.25) is 0 Å². The standard InChI is InChI=1S/C11H24N2O/c1-3-12-11(9-14)8-13-7-5-4-6-10(13)2/h10-12,14H,3-9H2,1-2H3. The summed E-state index contributed by atoms with van der Waals surface area (Å²) in [4.78, 5) is 2.49. The lowest BCUT2D eigenvalue weighted by Gasteiger charge is -2.35. The number of aliphatic hydroxyl groups is 1. The number of likely N-dealkylation sites (tertiary alicyclic amines) is 1. The molecule has 0 aliphatic carbocycles. The monoisotopic (exact) mass is 200 g/mol. The molecule has 2 N–H and O–H groups in total. The van der Waals surface area contributed by atoms with E-state index in [4.69, 9.17) is 0 Å². The summed E-state index contributed by atoms with van der Waals surface area (Å²) in [6, 6.07) is 0.942. The third-order valence-corrected chi connectivity index (χ3v) is 3.11. The highest BCUT2D eigenvalue weighted by Gasteiger charge is 2.20. The van der Waals surface area contributed by atoms with Crippen LogP contribution >= 0.6 is 0 Å². The van der Waals surface area contributed by atoms with Crippen molar-refractivity contribution in [3.05, 3.63) is 0 Å². The minimum Gasteiger partial charge on any atom is -0.395 e. The quantitative estimate of drug-likeness (QED) is 0.690. The molecular weight excluding hydrogens is 176 g/mol. The molecule has 1 aliphatic heterocycles. The molecule has 0 radical (unpaired) electrons. The summed E-state index contributed by atoms with van der Waals surface area (Å²) in [5.41, 5.74) is 0. The predicted octanol–water partition coefficient (Wildman–Crippen LogP) is 0.831. The van der Waals surface area contributed by atoms with Crippen molar-refractivity contribution in [2.75, 3.05) is 26.2 Å². The van der Waals surface area contributed by atoms with Gasteiger partial charge in [0.15, 0.2) is 0 Å². The van der Waals surface area contributed by atoms with Gasteiger partial charge in [-0.2, -0.15) is 0 Å². The van der Waals surface area contributed by atoms with E-state index < -0.39 is 0 Å². The summed E-state index contributed by atoms with van der Waals surface area (Å²) in [7, 11) is 0. The molecule has 2 unspecified atom stereocenters. The van der Waals surface area contributed by atoms with Gasteiger partial charge in [0, 0.05) is 18.6 Å². The smallest absolute Gasteiger partial charge is 0.0597 e. The Balaban J connectivity index is 2.31. The van der Waals surface area contributed by atoms with E-state index in [1.807, 2.05) is 0 Å². The number of rotatable bonds is 5. The zero-order valence-electron chi connectivity index (χ0n) is 9.50. The van der Waals surface area contributed by atoms with E-state index >= 15 is 0 Å². The van der Waals surface area contributed by atoms with Gasteiger partial charge < -0.3 is 10.4 Å². The van der Waals surface area contributed by atoms with E-state index in [9.17, 15) is 5.11 Å². The largest absolute Gasteiger partial charge is 0.395 e. The normalized spacial score (nSPS) is 26.4. The molecule has 2 atom stereocenters. The Morgan fingerprint density at radius 3 is 2.86 bits per heavy atom. The number of piperidine rings is 1. The molecule has 84 valence electrons. The van der Waals surface area contributed by atoms with Crippen molar-refractivity contribution < 1.29 is 5.11 Å². The molecule has 3 heteroatoms. The molecule has 14 heavy (non-hydrogen) atoms. The molecule has 0 aromatic carbocycles. The van der Waals surface area contributed by atoms with Gasteiger partial charge in [-0.05, 0) is 32.9 Å². The van der Waals surface area contributed by atoms with Crippen LogP contribution in [0.25, 0.3) is 0 Å². The Hall–Kier alpha value is -0.120. The second-order valence-electron chi connectivity index (χ2n) is 4.28. The lowest BCUT2D eigenvalue weighted by atomic mass is 10.0. The fourth-order valence-electron chi connectivity index (χ4n) is 2.19. The van der Waals surface area contributed by atoms with Crippen molar-refractivity contribution in [2.24, 2.45) is 0 Å². The highest BCUT2D eigenvalue weighted by Crippen LogP contribution is 2.16. The van der Waals surface area contributed by atoms with Crippen LogP contribution in [-0.4, -0.2) is 48.3 Å². The fraction of sp³-hybridized carbons (Fsp3) is 1.00. The second kappa shape index (κ2) is 6.38. The van der Waals surface area contributed by atoms with Crippen molar-refractivity contribution in [3.8, 4) is 0 Å². The van der Waals surface area contributed by atoms with E-state index in [0.29, 0.717) is 6.04 Å². The van der Waals surface area contributed by atoms with Gasteiger partial charge in [-0.3, -0.25) is 4.90 Å². The predicted molar refractivity (Wildman–Crippen MR) is 59.4 cm³/mol. The molecule has 1 heterocycles. The number of likely N-dealkylation sites (N-methyl/N-ethyl adjacent to an activating group) is 1. The van der Waals surface area contributed by atoms with Crippen LogP contribution in [-0.2, 0) is 0 Å². The lowest BCUT2D eigenvalue weighted by Crippen LogP contribution is -2.48. The van der Waals surface area contributed by atoms with Gasteiger partial charge in [0.05, 0.1) is 6.61 Å². The Kier molecular flexibility index (Phi) is 5.45. The Morgan fingerprint density at radius 1 is 1.50 bits per heavy atom. The van der Waals surface area contributed by atoms with Gasteiger partial charge in [-0.1, -0.05) is 13.3 Å². The second-order valence-corrected chi connectivity index (χ2v) is 4.28. The van der Waals surface area contributed by atoms with Crippen LogP contribution in [0.15, 0.2) is 0 Å². The molecule has 0 aromatic heterocycles. The summed E-state index contributed by atoms with van der Waals surface area (Å²) >= 11 is 0. The summed E-state index contributed by atoms with van der Waals surface area (Å²) in [6.45, 7) is 7.75. The van der Waals surface area contributed by atoms with E-state index in [-0.39, 0.29) is 12.6 Å². The van der Waals surface area contributed by atoms with E-state index in [2.05, 4.69) is 24.1 Å². The van der Waals surface area contributed by atoms with Crippen molar-refractivity contribution in [1.82, 2.24) is 10.2 Å². The average Bonchev–Trinajstić information content (AvgIpc) is 2.20. The first-order chi connectivity index (χ1) is 6.77. The molecule has 1 aliphatic rings. The van der Waals surface area contributed by atoms with Gasteiger partial charge in [-0.15, -0.1) is 0 Å². The topological polar surface area (TPSA) is 35.5 Å². The SMILES string of the molecule is CCNC(CO)CN1CCCCC1C. The highest BCUT2D eigenvalue weighted by atomic mass is 16.3. The molecular formula is C11H24N2O. The highest BCUT2D eigenvalue weighted by molar-refractivity contribution is 4.78. The Morgan fingerprint density at radius 2 is 2.29 bits per heavy atom. The van der Waals surface area contributed by atoms with Crippen molar-refractivity contribution in [1.29, 1.82) is 0 Å². The molecule has 1 rings (SSSR count). The van der Waals surface area contributed by atoms with Crippen LogP contribution in [0.3, 0.4) is 0 Å². The Labute approximate surface area is 87.5 Å². The number of nitrogens with one attached hydrogen (secondary N) is 1. The summed E-state index contributed by atoms with van der Waals surface area (Å²) in [6.07, 6.45) is 3.99. The van der Waals surface area contributed by atoms with Gasteiger partial charge >= 0.3 is 0 Å². The fourth-order valence-corrected chi connectivity index (χ4v) is 2.19. The number of aliphatic hydroxyl groups excluding tert-OH is 1. The maximum Gasteiger partial charge on any atom is 0.0597 e. The maximum absolute atomic E-state index is 9.18. The zero-order valence-corrected chi connectivity index (χ0v) is 9.50. The molecule has 0 spiro atoms. The zero-order chi connectivity index (χ0) is 10.4. The minimum atomic E-state index is 0.247. The van der Waals surface area contributed by atoms with E-state index in [1.54, 1.807) is 0 Å². The van der Waals surface area contributed by atoms with Crippen molar-refractivity contribution >= 4 is 0 Å². The van der Waals surface area contributed by atoms with Crippen LogP contribution in [0.1, 0.15) is 33.1 Å². The minimum absolute atomic E-state index is 0.247. The van der Waals surface area contributed by atoms with Crippen molar-refractivity contribution in [3.63, 3.8) is 0 Å². The summed E-state index contributed by atoms with van der Waals surface area (Å²) in [5.74, 6) is 0. The maximum atomic E-state index is 9.18. The number of hydrogen-bond acceptors (Lipinski definition) is 3. The molecule has 0 bridgehead atoms. The lowest BCUT2D eigenvalue weighted by molar-refractivity contribution is 0.123. The van der Waals surface area contributed by atoms with Crippen LogP contribution in [0, 0.1) is 0 Å². The van der Waals surface area contributed by atoms with Crippen LogP contribution in [0.2, 0.25) is 0 Å². The average molecular weight is 200 g/mol. The third kappa shape index (κ3) is 3.56. The molecule has 0 amide bonds. The summed E-state index contributed by atoms with van der Waals surface area (Å²) < 4.78 is 0. The molecule has 1 saturated heterocycles. The number of hydrogen-bond donors (Lipinski definition) is 2. The molecule has 3 nitrogen and oxygen atoms in total. The first-order valence-corrected chi connectivity index (χ1v) is 5.86. The van der Waals surface area contributed by atoms with Crippen LogP contribution < -0.4 is 5.32 Å². The summed E-state index contributed by atoms with van der Waals surface area (Å²) in [5, 5.41) is 12.5. The molecule has 0 saturated carbocycles. The third-order valence-electron chi connectivity index (χ3n) is 3.11. The van der Waals surface area contributed by atoms with Gasteiger partial charge in [0.1, 0.15) is 0 Å². The van der Waals surface area contributed by atoms with E-state index in [0.717, 1.165) is 13.1 Å². The van der Waals surface area contributed by atoms with E-state index in [1.165, 1.54) is 25.8 Å². The number of nitrogens with zero attached hydrogens (tertiary/aromatic N) is 1. The first kappa shape index (κ1) is 12.0. The molecule has 1 fully saturated rings. The van der Waals surface area contributed by atoms with Crippen molar-refractivity contribution in [2.45, 2.75) is 45.2 Å². The van der Waals surface area contributed by atoms with Gasteiger partial charge in [0.25, 0.3) is 0 Å².